The molecule has 3 aromatic carbocycles. The molecule has 0 unspecified atom stereocenters. The zero-order valence-electron chi connectivity index (χ0n) is 15.3. The maximum atomic E-state index is 12.4. The average molecular weight is 483 g/mol. The van der Waals surface area contributed by atoms with Gasteiger partial charge in [0.25, 0.3) is 0 Å². The minimum atomic E-state index is -0.577. The number of nitrogens with zero attached hydrogens (tertiary/aromatic N) is 1. The van der Waals surface area contributed by atoms with Gasteiger partial charge in [0.15, 0.2) is 5.70 Å². The van der Waals surface area contributed by atoms with Crippen molar-refractivity contribution in [1.29, 1.82) is 0 Å². The van der Waals surface area contributed by atoms with Crippen LogP contribution in [-0.2, 0) is 9.53 Å². The highest BCUT2D eigenvalue weighted by Gasteiger charge is 2.24. The smallest absolute Gasteiger partial charge is 0.363 e. The standard InChI is InChI=1S/C23H13BrClNO4/c24-17-9-5-14(6-10-17)21-26-19(23(28)30-21)13-16-3-1-2-4-20(16)29-22(27)15-7-11-18(25)12-8-15/h1-13H/b19-13+. The quantitative estimate of drug-likeness (QED) is 0.273. The topological polar surface area (TPSA) is 65.0 Å². The maximum absolute atomic E-state index is 12.4. The van der Waals surface area contributed by atoms with Gasteiger partial charge in [0.05, 0.1) is 5.56 Å². The molecule has 0 bridgehead atoms. The van der Waals surface area contributed by atoms with Gasteiger partial charge in [0.2, 0.25) is 5.90 Å². The molecule has 0 amide bonds. The van der Waals surface area contributed by atoms with Gasteiger partial charge < -0.3 is 9.47 Å². The minimum absolute atomic E-state index is 0.114. The molecule has 30 heavy (non-hydrogen) atoms. The second-order valence-electron chi connectivity index (χ2n) is 6.28. The van der Waals surface area contributed by atoms with Crippen LogP contribution in [0, 0.1) is 0 Å². The van der Waals surface area contributed by atoms with Crippen molar-refractivity contribution < 1.29 is 19.1 Å². The van der Waals surface area contributed by atoms with Gasteiger partial charge >= 0.3 is 11.9 Å². The van der Waals surface area contributed by atoms with Gasteiger partial charge in [-0.1, -0.05) is 45.7 Å². The van der Waals surface area contributed by atoms with Crippen molar-refractivity contribution in [3.05, 3.63) is 105 Å². The Morgan fingerprint density at radius 2 is 1.70 bits per heavy atom. The van der Waals surface area contributed by atoms with Crippen molar-refractivity contribution >= 4 is 51.4 Å². The van der Waals surface area contributed by atoms with E-state index < -0.39 is 11.9 Å². The fourth-order valence-electron chi connectivity index (χ4n) is 2.71. The van der Waals surface area contributed by atoms with Gasteiger partial charge in [-0.2, -0.15) is 0 Å². The van der Waals surface area contributed by atoms with Crippen LogP contribution in [0.15, 0.2) is 88.0 Å². The third-order valence-electron chi connectivity index (χ3n) is 4.21. The van der Waals surface area contributed by atoms with Crippen molar-refractivity contribution in [2.24, 2.45) is 4.99 Å². The first-order valence-corrected chi connectivity index (χ1v) is 10.0. The first-order valence-electron chi connectivity index (χ1n) is 8.85. The number of esters is 2. The first kappa shape index (κ1) is 20.1. The highest BCUT2D eigenvalue weighted by atomic mass is 79.9. The molecule has 0 aromatic heterocycles. The number of benzene rings is 3. The number of para-hydroxylation sites is 1. The van der Waals surface area contributed by atoms with Crippen molar-refractivity contribution in [3.8, 4) is 5.75 Å². The van der Waals surface area contributed by atoms with Gasteiger partial charge in [-0.05, 0) is 60.7 Å². The molecule has 0 saturated heterocycles. The molecule has 5 nitrogen and oxygen atoms in total. The van der Waals surface area contributed by atoms with Gasteiger partial charge in [-0.15, -0.1) is 0 Å². The number of cyclic esters (lactones) is 1. The van der Waals surface area contributed by atoms with Crippen LogP contribution in [0.25, 0.3) is 6.08 Å². The van der Waals surface area contributed by atoms with Crippen molar-refractivity contribution in [2.75, 3.05) is 0 Å². The normalized spacial score (nSPS) is 14.4. The molecule has 0 saturated carbocycles. The van der Waals surface area contributed by atoms with Crippen LogP contribution in [0.2, 0.25) is 5.02 Å². The van der Waals surface area contributed by atoms with Crippen LogP contribution >= 0.6 is 27.5 Å². The molecule has 3 aromatic rings. The molecule has 0 spiro atoms. The Kier molecular flexibility index (Phi) is 5.79. The summed E-state index contributed by atoms with van der Waals surface area (Å²) in [5.74, 6) is -0.600. The highest BCUT2D eigenvalue weighted by molar-refractivity contribution is 9.10. The second kappa shape index (κ2) is 8.65. The second-order valence-corrected chi connectivity index (χ2v) is 7.63. The molecule has 1 aliphatic heterocycles. The van der Waals surface area contributed by atoms with Crippen molar-refractivity contribution in [1.82, 2.24) is 0 Å². The lowest BCUT2D eigenvalue weighted by molar-refractivity contribution is -0.129. The molecule has 0 N–H and O–H groups in total. The molecule has 148 valence electrons. The monoisotopic (exact) mass is 481 g/mol. The summed E-state index contributed by atoms with van der Waals surface area (Å²) in [7, 11) is 0. The Balaban J connectivity index is 1.61. The number of carbonyl (C=O) groups excluding carboxylic acids is 2. The summed E-state index contributed by atoms with van der Waals surface area (Å²) in [4.78, 5) is 29.0. The third-order valence-corrected chi connectivity index (χ3v) is 4.99. The van der Waals surface area contributed by atoms with E-state index in [0.29, 0.717) is 27.5 Å². The van der Waals surface area contributed by atoms with E-state index in [-0.39, 0.29) is 11.6 Å². The molecule has 1 aliphatic rings. The number of hydrogen-bond acceptors (Lipinski definition) is 5. The summed E-state index contributed by atoms with van der Waals surface area (Å²) >= 11 is 9.22. The number of ether oxygens (including phenoxy) is 2. The van der Waals surface area contributed by atoms with Gasteiger partial charge in [0.1, 0.15) is 5.75 Å². The first-order chi connectivity index (χ1) is 14.5. The molecule has 0 aliphatic carbocycles. The van der Waals surface area contributed by atoms with Crippen LogP contribution in [0.1, 0.15) is 21.5 Å². The van der Waals surface area contributed by atoms with Crippen LogP contribution in [0.3, 0.4) is 0 Å². The summed E-state index contributed by atoms with van der Waals surface area (Å²) in [6.07, 6.45) is 1.53. The molecule has 0 fully saturated rings. The summed E-state index contributed by atoms with van der Waals surface area (Å²) in [6.45, 7) is 0. The Bertz CT molecular complexity index is 1180. The maximum Gasteiger partial charge on any atom is 0.363 e. The third kappa shape index (κ3) is 4.50. The molecule has 4 rings (SSSR count). The zero-order chi connectivity index (χ0) is 21.1. The van der Waals surface area contributed by atoms with Crippen molar-refractivity contribution in [3.63, 3.8) is 0 Å². The predicted octanol–water partition coefficient (Wildman–Crippen LogP) is 5.67. The SMILES string of the molecule is O=C1OC(c2ccc(Br)cc2)=N/C1=C/c1ccccc1OC(=O)c1ccc(Cl)cc1. The molecule has 0 radical (unpaired) electrons. The lowest BCUT2D eigenvalue weighted by Crippen LogP contribution is -2.09. The molecule has 0 atom stereocenters. The van der Waals surface area contributed by atoms with E-state index in [9.17, 15) is 9.59 Å². The highest BCUT2D eigenvalue weighted by Crippen LogP contribution is 2.26. The van der Waals surface area contributed by atoms with Crippen LogP contribution in [-0.4, -0.2) is 17.8 Å². The van der Waals surface area contributed by atoms with E-state index in [0.717, 1.165) is 4.47 Å². The van der Waals surface area contributed by atoms with E-state index in [2.05, 4.69) is 20.9 Å². The average Bonchev–Trinajstić information content (AvgIpc) is 3.10. The van der Waals surface area contributed by atoms with Gasteiger partial charge in [-0.25, -0.2) is 14.6 Å². The lowest BCUT2D eigenvalue weighted by atomic mass is 10.1. The summed E-state index contributed by atoms with van der Waals surface area (Å²) in [5, 5.41) is 0.524. The Morgan fingerprint density at radius 1 is 1.00 bits per heavy atom. The Morgan fingerprint density at radius 3 is 2.43 bits per heavy atom. The number of carbonyl (C=O) groups is 2. The molecular weight excluding hydrogens is 470 g/mol. The van der Waals surface area contributed by atoms with Gasteiger partial charge in [-0.3, -0.25) is 0 Å². The zero-order valence-corrected chi connectivity index (χ0v) is 17.7. The molecular formula is C23H13BrClNO4. The van der Waals surface area contributed by atoms with Gasteiger partial charge in [0, 0.05) is 20.6 Å². The predicted molar refractivity (Wildman–Crippen MR) is 118 cm³/mol. The van der Waals surface area contributed by atoms with E-state index in [1.165, 1.54) is 6.08 Å². The number of halogens is 2. The molecule has 7 heteroatoms. The summed E-state index contributed by atoms with van der Waals surface area (Å²) in [6, 6.07) is 20.5. The van der Waals surface area contributed by atoms with E-state index in [1.807, 2.05) is 12.1 Å². The summed E-state index contributed by atoms with van der Waals surface area (Å²) in [5.41, 5.74) is 1.67. The summed E-state index contributed by atoms with van der Waals surface area (Å²) < 4.78 is 11.7. The Hall–Kier alpha value is -3.22. The number of rotatable bonds is 4. The number of aliphatic imine (C=N–C) groups is 1. The van der Waals surface area contributed by atoms with E-state index >= 15 is 0 Å². The van der Waals surface area contributed by atoms with Crippen LogP contribution in [0.4, 0.5) is 0 Å². The van der Waals surface area contributed by atoms with Crippen molar-refractivity contribution in [2.45, 2.75) is 0 Å². The Labute approximate surface area is 185 Å². The largest absolute Gasteiger partial charge is 0.422 e. The van der Waals surface area contributed by atoms with E-state index in [1.54, 1.807) is 60.7 Å². The molecule has 1 heterocycles. The van der Waals surface area contributed by atoms with Crippen LogP contribution < -0.4 is 4.74 Å². The van der Waals surface area contributed by atoms with E-state index in [4.69, 9.17) is 21.1 Å². The lowest BCUT2D eigenvalue weighted by Gasteiger charge is -2.07. The van der Waals surface area contributed by atoms with Crippen LogP contribution in [0.5, 0.6) is 5.75 Å². The minimum Gasteiger partial charge on any atom is -0.422 e. The fraction of sp³-hybridized carbons (Fsp3) is 0. The number of hydrogen-bond donors (Lipinski definition) is 0. The fourth-order valence-corrected chi connectivity index (χ4v) is 3.10.